The Bertz CT molecular complexity index is 1150. The summed E-state index contributed by atoms with van der Waals surface area (Å²) >= 11 is 0. The van der Waals surface area contributed by atoms with Crippen molar-refractivity contribution in [3.8, 4) is 0 Å². The Morgan fingerprint density at radius 1 is 1.06 bits per heavy atom. The standard InChI is InChI=1S/C29H36N4O3/c1-28(2,26(30)35)23(16-10-15-21-11-6-4-7-12-21)25(34)33-18-17-24-29(20-33,27(36)32(3)31-24)19-22-13-8-5-9-14-22/h4-9,11-14,23H,10,15-20H2,1-3H3,(H2,30,35)/t23-,29-/m0/s1. The number of fused-ring (bicyclic) bond motifs is 1. The molecule has 0 unspecified atom stereocenters. The number of nitrogens with zero attached hydrogens (tertiary/aromatic N) is 3. The number of piperidine rings is 1. The lowest BCUT2D eigenvalue weighted by molar-refractivity contribution is -0.148. The number of hydrogen-bond acceptors (Lipinski definition) is 4. The van der Waals surface area contributed by atoms with Gasteiger partial charge in [-0.2, -0.15) is 5.10 Å². The molecule has 1 saturated heterocycles. The molecule has 2 N–H and O–H groups in total. The van der Waals surface area contributed by atoms with Gasteiger partial charge in [-0.05, 0) is 36.8 Å². The van der Waals surface area contributed by atoms with Gasteiger partial charge in [0.25, 0.3) is 5.91 Å². The molecule has 4 rings (SSSR count). The molecule has 190 valence electrons. The summed E-state index contributed by atoms with van der Waals surface area (Å²) in [6.07, 6.45) is 3.13. The highest BCUT2D eigenvalue weighted by Crippen LogP contribution is 2.40. The normalized spacial score (nSPS) is 20.6. The molecule has 2 aliphatic rings. The summed E-state index contributed by atoms with van der Waals surface area (Å²) in [7, 11) is 1.68. The lowest BCUT2D eigenvalue weighted by Crippen LogP contribution is -2.58. The van der Waals surface area contributed by atoms with Gasteiger partial charge < -0.3 is 10.6 Å². The van der Waals surface area contributed by atoms with Gasteiger partial charge in [-0.25, -0.2) is 5.01 Å². The molecule has 1 fully saturated rings. The number of amides is 3. The second kappa shape index (κ2) is 10.2. The van der Waals surface area contributed by atoms with Crippen LogP contribution in [0.25, 0.3) is 0 Å². The number of carbonyl (C=O) groups excluding carboxylic acids is 3. The van der Waals surface area contributed by atoms with E-state index in [0.29, 0.717) is 25.8 Å². The second-order valence-electron chi connectivity index (χ2n) is 10.6. The van der Waals surface area contributed by atoms with Gasteiger partial charge in [-0.1, -0.05) is 74.5 Å². The minimum atomic E-state index is -1.01. The highest BCUT2D eigenvalue weighted by Gasteiger charge is 2.54. The number of nitrogens with two attached hydrogens (primary N) is 1. The van der Waals surface area contributed by atoms with Crippen molar-refractivity contribution in [2.45, 2.75) is 46.0 Å². The SMILES string of the molecule is CN1N=C2CCN(C(=O)[C@H](CCCc3ccccc3)C(C)(C)C(N)=O)C[C@]2(Cc2ccccc2)C1=O. The summed E-state index contributed by atoms with van der Waals surface area (Å²) in [4.78, 5) is 41.7. The van der Waals surface area contributed by atoms with Gasteiger partial charge in [0.1, 0.15) is 5.41 Å². The van der Waals surface area contributed by atoms with Crippen LogP contribution in [0.15, 0.2) is 65.8 Å². The first-order valence-electron chi connectivity index (χ1n) is 12.7. The van der Waals surface area contributed by atoms with Gasteiger partial charge in [0.05, 0.1) is 17.0 Å². The van der Waals surface area contributed by atoms with Crippen LogP contribution in [0.4, 0.5) is 0 Å². The summed E-state index contributed by atoms with van der Waals surface area (Å²) in [6, 6.07) is 20.0. The largest absolute Gasteiger partial charge is 0.369 e. The molecular formula is C29H36N4O3. The zero-order valence-corrected chi connectivity index (χ0v) is 21.4. The molecular weight excluding hydrogens is 452 g/mol. The number of aryl methyl sites for hydroxylation is 1. The minimum absolute atomic E-state index is 0.0892. The number of rotatable bonds is 9. The smallest absolute Gasteiger partial charge is 0.256 e. The van der Waals surface area contributed by atoms with Crippen molar-refractivity contribution in [2.75, 3.05) is 20.1 Å². The van der Waals surface area contributed by atoms with Crippen LogP contribution >= 0.6 is 0 Å². The number of primary amides is 1. The molecule has 3 amide bonds. The van der Waals surface area contributed by atoms with Crippen LogP contribution in [0.1, 0.15) is 44.2 Å². The Labute approximate surface area is 213 Å². The summed E-state index contributed by atoms with van der Waals surface area (Å²) in [5.74, 6) is -1.26. The highest BCUT2D eigenvalue weighted by atomic mass is 16.2. The van der Waals surface area contributed by atoms with Crippen LogP contribution in [0.3, 0.4) is 0 Å². The first-order chi connectivity index (χ1) is 17.1. The fraction of sp³-hybridized carbons (Fsp3) is 0.448. The molecule has 0 aliphatic carbocycles. The Morgan fingerprint density at radius 2 is 1.67 bits per heavy atom. The van der Waals surface area contributed by atoms with Crippen LogP contribution in [-0.2, 0) is 27.2 Å². The van der Waals surface area contributed by atoms with Gasteiger partial charge in [-0.15, -0.1) is 0 Å². The van der Waals surface area contributed by atoms with Crippen molar-refractivity contribution >= 4 is 23.4 Å². The third kappa shape index (κ3) is 4.92. The quantitative estimate of drug-likeness (QED) is 0.586. The Balaban J connectivity index is 1.58. The molecule has 0 aromatic heterocycles. The molecule has 0 radical (unpaired) electrons. The summed E-state index contributed by atoms with van der Waals surface area (Å²) < 4.78 is 0. The molecule has 36 heavy (non-hydrogen) atoms. The zero-order chi connectivity index (χ0) is 25.9. The van der Waals surface area contributed by atoms with E-state index < -0.39 is 22.7 Å². The van der Waals surface area contributed by atoms with Crippen molar-refractivity contribution < 1.29 is 14.4 Å². The topological polar surface area (TPSA) is 96.1 Å². The lowest BCUT2D eigenvalue weighted by atomic mass is 9.71. The Kier molecular flexibility index (Phi) is 7.29. The molecule has 0 spiro atoms. The molecule has 2 atom stereocenters. The van der Waals surface area contributed by atoms with Crippen molar-refractivity contribution in [2.24, 2.45) is 27.6 Å². The first kappa shape index (κ1) is 25.6. The van der Waals surface area contributed by atoms with Crippen LogP contribution < -0.4 is 5.73 Å². The molecule has 2 aromatic carbocycles. The van der Waals surface area contributed by atoms with E-state index in [1.165, 1.54) is 10.6 Å². The number of hydrazone groups is 1. The predicted octanol–water partition coefficient (Wildman–Crippen LogP) is 3.43. The fourth-order valence-electron chi connectivity index (χ4n) is 5.56. The average molecular weight is 489 g/mol. The second-order valence-corrected chi connectivity index (χ2v) is 10.6. The maximum atomic E-state index is 14.0. The van der Waals surface area contributed by atoms with Crippen LogP contribution in [0, 0.1) is 16.7 Å². The van der Waals surface area contributed by atoms with Crippen molar-refractivity contribution in [1.29, 1.82) is 0 Å². The van der Waals surface area contributed by atoms with E-state index in [0.717, 1.165) is 24.1 Å². The highest BCUT2D eigenvalue weighted by molar-refractivity contribution is 6.13. The van der Waals surface area contributed by atoms with E-state index in [2.05, 4.69) is 17.2 Å². The number of benzene rings is 2. The first-order valence-corrected chi connectivity index (χ1v) is 12.7. The van der Waals surface area contributed by atoms with E-state index in [1.807, 2.05) is 48.5 Å². The van der Waals surface area contributed by atoms with E-state index >= 15 is 0 Å². The van der Waals surface area contributed by atoms with Crippen LogP contribution in [-0.4, -0.2) is 53.5 Å². The zero-order valence-electron chi connectivity index (χ0n) is 21.4. The maximum absolute atomic E-state index is 14.0. The molecule has 7 nitrogen and oxygen atoms in total. The maximum Gasteiger partial charge on any atom is 0.256 e. The monoisotopic (exact) mass is 488 g/mol. The summed E-state index contributed by atoms with van der Waals surface area (Å²) in [6.45, 7) is 4.24. The molecule has 2 aliphatic heterocycles. The average Bonchev–Trinajstić information content (AvgIpc) is 3.11. The Morgan fingerprint density at radius 3 is 2.28 bits per heavy atom. The molecule has 2 heterocycles. The third-order valence-electron chi connectivity index (χ3n) is 7.87. The summed E-state index contributed by atoms with van der Waals surface area (Å²) in [5.41, 5.74) is 6.95. The van der Waals surface area contributed by atoms with Gasteiger partial charge in [0, 0.05) is 26.6 Å². The van der Waals surface area contributed by atoms with E-state index in [4.69, 9.17) is 5.73 Å². The Hall–Kier alpha value is -3.48. The van der Waals surface area contributed by atoms with Gasteiger partial charge in [0.2, 0.25) is 11.8 Å². The summed E-state index contributed by atoms with van der Waals surface area (Å²) in [5, 5.41) is 5.96. The van der Waals surface area contributed by atoms with Gasteiger partial charge in [-0.3, -0.25) is 14.4 Å². The van der Waals surface area contributed by atoms with Crippen molar-refractivity contribution in [3.63, 3.8) is 0 Å². The van der Waals surface area contributed by atoms with E-state index in [9.17, 15) is 14.4 Å². The van der Waals surface area contributed by atoms with Gasteiger partial charge >= 0.3 is 0 Å². The third-order valence-corrected chi connectivity index (χ3v) is 7.87. The fourth-order valence-corrected chi connectivity index (χ4v) is 5.56. The van der Waals surface area contributed by atoms with E-state index in [-0.39, 0.29) is 18.4 Å². The van der Waals surface area contributed by atoms with Gasteiger partial charge in [0.15, 0.2) is 0 Å². The van der Waals surface area contributed by atoms with Crippen LogP contribution in [0.2, 0.25) is 0 Å². The predicted molar refractivity (Wildman–Crippen MR) is 140 cm³/mol. The minimum Gasteiger partial charge on any atom is -0.369 e. The van der Waals surface area contributed by atoms with Crippen LogP contribution in [0.5, 0.6) is 0 Å². The molecule has 0 saturated carbocycles. The molecule has 0 bridgehead atoms. The number of likely N-dealkylation sites (tertiary alicyclic amines) is 1. The van der Waals surface area contributed by atoms with E-state index in [1.54, 1.807) is 25.8 Å². The van der Waals surface area contributed by atoms with Crippen molar-refractivity contribution in [1.82, 2.24) is 9.91 Å². The molecule has 7 heteroatoms. The number of hydrogen-bond donors (Lipinski definition) is 1. The number of carbonyl (C=O) groups is 3. The van der Waals surface area contributed by atoms with Crippen molar-refractivity contribution in [3.05, 3.63) is 71.8 Å². The lowest BCUT2D eigenvalue weighted by Gasteiger charge is -2.42. The molecule has 2 aromatic rings.